The van der Waals surface area contributed by atoms with Crippen LogP contribution in [0.15, 0.2) is 29.0 Å². The van der Waals surface area contributed by atoms with Gasteiger partial charge in [-0.3, -0.25) is 4.79 Å². The summed E-state index contributed by atoms with van der Waals surface area (Å²) in [6.07, 6.45) is 4.06. The van der Waals surface area contributed by atoms with Crippen LogP contribution in [0.2, 0.25) is 0 Å². The zero-order chi connectivity index (χ0) is 15.2. The Morgan fingerprint density at radius 1 is 1.38 bits per heavy atom. The van der Waals surface area contributed by atoms with Gasteiger partial charge in [-0.15, -0.1) is 0 Å². The second-order valence-electron chi connectivity index (χ2n) is 4.23. The molecule has 0 bridgehead atoms. The molecule has 0 aliphatic carbocycles. The van der Waals surface area contributed by atoms with Crippen LogP contribution >= 0.6 is 15.9 Å². The maximum Gasteiger partial charge on any atom is 0.255 e. The molecular formula is C14H16BrN3O3. The van der Waals surface area contributed by atoms with Crippen LogP contribution in [0.5, 0.6) is 11.5 Å². The molecule has 1 aromatic heterocycles. The van der Waals surface area contributed by atoms with Gasteiger partial charge < -0.3 is 19.8 Å². The highest BCUT2D eigenvalue weighted by Crippen LogP contribution is 2.33. The predicted octanol–water partition coefficient (Wildman–Crippen LogP) is 2.16. The Labute approximate surface area is 131 Å². The maximum atomic E-state index is 12.3. The van der Waals surface area contributed by atoms with Crippen LogP contribution in [0.3, 0.4) is 0 Å². The Morgan fingerprint density at radius 3 is 2.81 bits per heavy atom. The molecule has 0 spiro atoms. The number of carbonyl (C=O) groups excluding carboxylic acids is 1. The SMILES string of the molecule is COc1cc(Br)c(OC)c(C(=O)NCCc2ncc[nH]2)c1. The minimum Gasteiger partial charge on any atom is -0.497 e. The van der Waals surface area contributed by atoms with Gasteiger partial charge in [0.25, 0.3) is 5.91 Å². The first-order chi connectivity index (χ1) is 10.2. The molecule has 0 aliphatic rings. The minimum atomic E-state index is -0.224. The molecular weight excluding hydrogens is 338 g/mol. The summed E-state index contributed by atoms with van der Waals surface area (Å²) in [5.74, 6) is 1.66. The van der Waals surface area contributed by atoms with Crippen LogP contribution < -0.4 is 14.8 Å². The topological polar surface area (TPSA) is 76.2 Å². The number of benzene rings is 1. The fraction of sp³-hybridized carbons (Fsp3) is 0.286. The Hall–Kier alpha value is -2.02. The zero-order valence-electron chi connectivity index (χ0n) is 11.8. The van der Waals surface area contributed by atoms with E-state index in [4.69, 9.17) is 9.47 Å². The number of rotatable bonds is 6. The molecule has 0 aliphatic heterocycles. The number of halogens is 1. The third-order valence-electron chi connectivity index (χ3n) is 2.90. The molecule has 0 saturated heterocycles. The molecule has 0 fully saturated rings. The van der Waals surface area contributed by atoms with Gasteiger partial charge in [0.1, 0.15) is 17.3 Å². The maximum absolute atomic E-state index is 12.3. The number of aromatic amines is 1. The van der Waals surface area contributed by atoms with Crippen molar-refractivity contribution in [2.45, 2.75) is 6.42 Å². The third kappa shape index (κ3) is 3.75. The monoisotopic (exact) mass is 353 g/mol. The van der Waals surface area contributed by atoms with Gasteiger partial charge in [0, 0.05) is 25.4 Å². The second kappa shape index (κ2) is 7.12. The minimum absolute atomic E-state index is 0.224. The Bertz CT molecular complexity index is 614. The van der Waals surface area contributed by atoms with E-state index in [0.717, 1.165) is 5.82 Å². The Kier molecular flexibility index (Phi) is 5.21. The lowest BCUT2D eigenvalue weighted by Gasteiger charge is -2.12. The van der Waals surface area contributed by atoms with Gasteiger partial charge in [0.2, 0.25) is 0 Å². The van der Waals surface area contributed by atoms with E-state index in [1.807, 2.05) is 0 Å². The van der Waals surface area contributed by atoms with E-state index < -0.39 is 0 Å². The number of amides is 1. The molecule has 21 heavy (non-hydrogen) atoms. The van der Waals surface area contributed by atoms with E-state index in [2.05, 4.69) is 31.2 Å². The molecule has 1 aromatic carbocycles. The van der Waals surface area contributed by atoms with Crippen LogP contribution in [-0.2, 0) is 6.42 Å². The number of imidazole rings is 1. The van der Waals surface area contributed by atoms with E-state index in [0.29, 0.717) is 34.5 Å². The highest BCUT2D eigenvalue weighted by molar-refractivity contribution is 9.10. The van der Waals surface area contributed by atoms with Crippen molar-refractivity contribution >= 4 is 21.8 Å². The smallest absolute Gasteiger partial charge is 0.255 e. The van der Waals surface area contributed by atoms with E-state index in [-0.39, 0.29) is 5.91 Å². The van der Waals surface area contributed by atoms with Crippen LogP contribution in [0.4, 0.5) is 0 Å². The summed E-state index contributed by atoms with van der Waals surface area (Å²) in [5.41, 5.74) is 0.420. The molecule has 2 aromatic rings. The average Bonchev–Trinajstić information content (AvgIpc) is 2.99. The van der Waals surface area contributed by atoms with Gasteiger partial charge in [0.15, 0.2) is 0 Å². The number of hydrogen-bond acceptors (Lipinski definition) is 4. The summed E-state index contributed by atoms with van der Waals surface area (Å²) in [7, 11) is 3.07. The number of carbonyl (C=O) groups is 1. The molecule has 0 saturated carbocycles. The van der Waals surface area contributed by atoms with Crippen LogP contribution in [0.1, 0.15) is 16.2 Å². The number of nitrogens with one attached hydrogen (secondary N) is 2. The van der Waals surface area contributed by atoms with Crippen molar-refractivity contribution in [1.82, 2.24) is 15.3 Å². The fourth-order valence-corrected chi connectivity index (χ4v) is 2.49. The molecule has 0 atom stereocenters. The highest BCUT2D eigenvalue weighted by Gasteiger charge is 2.17. The molecule has 2 rings (SSSR count). The molecule has 1 heterocycles. The first-order valence-electron chi connectivity index (χ1n) is 6.33. The lowest BCUT2D eigenvalue weighted by Crippen LogP contribution is -2.26. The molecule has 0 radical (unpaired) electrons. The zero-order valence-corrected chi connectivity index (χ0v) is 13.4. The predicted molar refractivity (Wildman–Crippen MR) is 81.9 cm³/mol. The van der Waals surface area contributed by atoms with E-state index in [1.165, 1.54) is 7.11 Å². The lowest BCUT2D eigenvalue weighted by atomic mass is 10.1. The first kappa shape index (κ1) is 15.4. The summed E-state index contributed by atoms with van der Waals surface area (Å²) in [4.78, 5) is 19.4. The lowest BCUT2D eigenvalue weighted by molar-refractivity contribution is 0.0950. The number of ether oxygens (including phenoxy) is 2. The molecule has 2 N–H and O–H groups in total. The van der Waals surface area contributed by atoms with Gasteiger partial charge >= 0.3 is 0 Å². The highest BCUT2D eigenvalue weighted by atomic mass is 79.9. The van der Waals surface area contributed by atoms with Crippen molar-refractivity contribution in [3.63, 3.8) is 0 Å². The summed E-state index contributed by atoms with van der Waals surface area (Å²) < 4.78 is 11.1. The van der Waals surface area contributed by atoms with Crippen molar-refractivity contribution in [2.75, 3.05) is 20.8 Å². The summed E-state index contributed by atoms with van der Waals surface area (Å²) >= 11 is 3.37. The van der Waals surface area contributed by atoms with Gasteiger partial charge in [-0.05, 0) is 28.1 Å². The number of H-pyrrole nitrogens is 1. The largest absolute Gasteiger partial charge is 0.497 e. The van der Waals surface area contributed by atoms with Crippen LogP contribution in [-0.4, -0.2) is 36.6 Å². The Morgan fingerprint density at radius 2 is 2.19 bits per heavy atom. The molecule has 7 heteroatoms. The number of nitrogens with zero attached hydrogens (tertiary/aromatic N) is 1. The summed E-state index contributed by atoms with van der Waals surface area (Å²) in [6.45, 7) is 0.477. The van der Waals surface area contributed by atoms with Crippen LogP contribution in [0.25, 0.3) is 0 Å². The average molecular weight is 354 g/mol. The number of aromatic nitrogens is 2. The first-order valence-corrected chi connectivity index (χ1v) is 7.13. The summed E-state index contributed by atoms with van der Waals surface area (Å²) in [5, 5.41) is 2.84. The Balaban J connectivity index is 2.08. The number of methoxy groups -OCH3 is 2. The van der Waals surface area contributed by atoms with Crippen molar-refractivity contribution < 1.29 is 14.3 Å². The van der Waals surface area contributed by atoms with E-state index in [1.54, 1.807) is 31.6 Å². The van der Waals surface area contributed by atoms with E-state index in [9.17, 15) is 4.79 Å². The van der Waals surface area contributed by atoms with Gasteiger partial charge in [-0.1, -0.05) is 0 Å². The molecule has 112 valence electrons. The second-order valence-corrected chi connectivity index (χ2v) is 5.09. The molecule has 6 nitrogen and oxygen atoms in total. The third-order valence-corrected chi connectivity index (χ3v) is 3.49. The molecule has 0 unspecified atom stereocenters. The quantitative estimate of drug-likeness (QED) is 0.834. The van der Waals surface area contributed by atoms with Crippen molar-refractivity contribution in [1.29, 1.82) is 0 Å². The summed E-state index contributed by atoms with van der Waals surface area (Å²) in [6, 6.07) is 3.39. The van der Waals surface area contributed by atoms with Gasteiger partial charge in [-0.25, -0.2) is 4.98 Å². The van der Waals surface area contributed by atoms with Crippen LogP contribution in [0, 0.1) is 0 Å². The van der Waals surface area contributed by atoms with Gasteiger partial charge in [0.05, 0.1) is 24.3 Å². The van der Waals surface area contributed by atoms with Crippen molar-refractivity contribution in [3.8, 4) is 11.5 Å². The van der Waals surface area contributed by atoms with Crippen molar-refractivity contribution in [3.05, 3.63) is 40.4 Å². The fourth-order valence-electron chi connectivity index (χ4n) is 1.89. The normalized spacial score (nSPS) is 10.2. The molecule has 1 amide bonds. The standard InChI is InChI=1S/C14H16BrN3O3/c1-20-9-7-10(13(21-2)11(15)8-9)14(19)18-4-3-12-16-5-6-17-12/h5-8H,3-4H2,1-2H3,(H,16,17)(H,18,19). The van der Waals surface area contributed by atoms with E-state index >= 15 is 0 Å². The van der Waals surface area contributed by atoms with Gasteiger partial charge in [-0.2, -0.15) is 0 Å². The van der Waals surface area contributed by atoms with Crippen molar-refractivity contribution in [2.24, 2.45) is 0 Å². The number of hydrogen-bond donors (Lipinski definition) is 2.